The fourth-order valence-electron chi connectivity index (χ4n) is 3.51. The first-order chi connectivity index (χ1) is 15.2. The van der Waals surface area contributed by atoms with Gasteiger partial charge >= 0.3 is 6.18 Å². The van der Waals surface area contributed by atoms with Crippen molar-refractivity contribution < 1.29 is 22.4 Å². The molecule has 32 heavy (non-hydrogen) atoms. The molecule has 0 fully saturated rings. The number of hydrogen-bond donors (Lipinski definition) is 0. The number of thioether (sulfide) groups is 1. The summed E-state index contributed by atoms with van der Waals surface area (Å²) in [6.07, 6.45) is -1.29. The summed E-state index contributed by atoms with van der Waals surface area (Å²) in [7, 11) is 0. The van der Waals surface area contributed by atoms with Crippen molar-refractivity contribution in [3.8, 4) is 5.69 Å². The monoisotopic (exact) mass is 460 g/mol. The van der Waals surface area contributed by atoms with Crippen LogP contribution in [0, 0.1) is 13.8 Å². The highest BCUT2D eigenvalue weighted by Gasteiger charge is 2.31. The summed E-state index contributed by atoms with van der Waals surface area (Å²) in [6.45, 7) is 3.93. The molecule has 0 N–H and O–H groups in total. The Kier molecular flexibility index (Phi) is 5.96. The Morgan fingerprint density at radius 2 is 1.97 bits per heavy atom. The zero-order valence-electron chi connectivity index (χ0n) is 17.3. The van der Waals surface area contributed by atoms with Crippen molar-refractivity contribution in [3.63, 3.8) is 0 Å². The molecule has 0 saturated heterocycles. The Morgan fingerprint density at radius 3 is 2.69 bits per heavy atom. The summed E-state index contributed by atoms with van der Waals surface area (Å²) < 4.78 is 48.1. The maximum atomic E-state index is 13.1. The van der Waals surface area contributed by atoms with Gasteiger partial charge in [0.25, 0.3) is 0 Å². The molecule has 0 bridgehead atoms. The third-order valence-corrected chi connectivity index (χ3v) is 5.96. The third-order valence-electron chi connectivity index (χ3n) is 4.98. The van der Waals surface area contributed by atoms with Crippen LogP contribution in [0.2, 0.25) is 0 Å². The number of nitrogens with zero attached hydrogens (tertiary/aromatic N) is 4. The number of benzene rings is 1. The van der Waals surface area contributed by atoms with Crippen molar-refractivity contribution in [2.24, 2.45) is 0 Å². The Morgan fingerprint density at radius 1 is 1.16 bits per heavy atom. The molecule has 6 nitrogen and oxygen atoms in total. The Hall–Kier alpha value is -3.27. The molecule has 0 saturated carbocycles. The molecule has 4 aromatic rings. The molecule has 3 heterocycles. The van der Waals surface area contributed by atoms with Crippen molar-refractivity contribution in [1.29, 1.82) is 0 Å². The van der Waals surface area contributed by atoms with Crippen molar-refractivity contribution >= 4 is 17.5 Å². The normalized spacial score (nSPS) is 11.8. The van der Waals surface area contributed by atoms with Gasteiger partial charge in [0.05, 0.1) is 24.1 Å². The Labute approximate surface area is 186 Å². The topological polar surface area (TPSA) is 65.8 Å². The molecule has 3 aromatic heterocycles. The SMILES string of the molecule is Cc1cc(C(=O)CSc2nncn2Cc2ccco2)c(C)n1-c1cccc(C(F)(F)F)c1. The summed E-state index contributed by atoms with van der Waals surface area (Å²) in [4.78, 5) is 12.9. The molecule has 4 rings (SSSR count). The number of furan rings is 1. The van der Waals surface area contributed by atoms with E-state index < -0.39 is 11.7 Å². The maximum Gasteiger partial charge on any atom is 0.416 e. The van der Waals surface area contributed by atoms with Crippen LogP contribution in [0.25, 0.3) is 5.69 Å². The van der Waals surface area contributed by atoms with E-state index in [9.17, 15) is 18.0 Å². The van der Waals surface area contributed by atoms with Crippen molar-refractivity contribution in [1.82, 2.24) is 19.3 Å². The van der Waals surface area contributed by atoms with E-state index in [-0.39, 0.29) is 11.5 Å². The second-order valence-electron chi connectivity index (χ2n) is 7.20. The van der Waals surface area contributed by atoms with Crippen molar-refractivity contribution in [2.75, 3.05) is 5.75 Å². The number of carbonyl (C=O) groups excluding carboxylic acids is 1. The second-order valence-corrected chi connectivity index (χ2v) is 8.14. The van der Waals surface area contributed by atoms with Gasteiger partial charge in [-0.05, 0) is 50.2 Å². The highest BCUT2D eigenvalue weighted by Crippen LogP contribution is 2.31. The fraction of sp³-hybridized carbons (Fsp3) is 0.227. The summed E-state index contributed by atoms with van der Waals surface area (Å²) in [5.41, 5.74) is 1.35. The van der Waals surface area contributed by atoms with Crippen LogP contribution in [-0.2, 0) is 12.7 Å². The molecule has 1 aromatic carbocycles. The lowest BCUT2D eigenvalue weighted by molar-refractivity contribution is -0.137. The lowest BCUT2D eigenvalue weighted by atomic mass is 10.1. The quantitative estimate of drug-likeness (QED) is 0.276. The molecule has 0 aliphatic carbocycles. The lowest BCUT2D eigenvalue weighted by Crippen LogP contribution is -2.09. The predicted molar refractivity (Wildman–Crippen MR) is 113 cm³/mol. The maximum absolute atomic E-state index is 13.1. The number of carbonyl (C=O) groups is 1. The number of alkyl halides is 3. The van der Waals surface area contributed by atoms with Gasteiger partial charge in [-0.2, -0.15) is 13.2 Å². The van der Waals surface area contributed by atoms with Gasteiger partial charge in [0.1, 0.15) is 12.1 Å². The van der Waals surface area contributed by atoms with E-state index in [1.807, 2.05) is 6.07 Å². The molecule has 0 amide bonds. The summed E-state index contributed by atoms with van der Waals surface area (Å²) >= 11 is 1.24. The minimum absolute atomic E-state index is 0.115. The largest absolute Gasteiger partial charge is 0.467 e. The minimum Gasteiger partial charge on any atom is -0.467 e. The van der Waals surface area contributed by atoms with Crippen LogP contribution < -0.4 is 0 Å². The molecule has 0 spiro atoms. The molecule has 10 heteroatoms. The van der Waals surface area contributed by atoms with E-state index in [1.54, 1.807) is 53.8 Å². The van der Waals surface area contributed by atoms with E-state index in [2.05, 4.69) is 10.2 Å². The first-order valence-electron chi connectivity index (χ1n) is 9.67. The van der Waals surface area contributed by atoms with E-state index in [0.717, 1.165) is 17.9 Å². The minimum atomic E-state index is -4.44. The molecular weight excluding hydrogens is 441 g/mol. The van der Waals surface area contributed by atoms with Gasteiger partial charge in [-0.25, -0.2) is 0 Å². The molecular formula is C22H19F3N4O2S. The molecule has 166 valence electrons. The smallest absolute Gasteiger partial charge is 0.416 e. The Balaban J connectivity index is 1.52. The Bertz CT molecular complexity index is 1240. The van der Waals surface area contributed by atoms with Crippen molar-refractivity contribution in [2.45, 2.75) is 31.7 Å². The average Bonchev–Trinajstić information content (AvgIpc) is 3.48. The first-order valence-corrected chi connectivity index (χ1v) is 10.7. The number of halogens is 3. The number of rotatable bonds is 7. The van der Waals surface area contributed by atoms with Gasteiger partial charge < -0.3 is 13.6 Å². The van der Waals surface area contributed by atoms with Crippen LogP contribution in [0.3, 0.4) is 0 Å². The number of aromatic nitrogens is 4. The predicted octanol–water partition coefficient (Wildman–Crippen LogP) is 5.32. The van der Waals surface area contributed by atoms with Crippen LogP contribution >= 0.6 is 11.8 Å². The van der Waals surface area contributed by atoms with E-state index in [1.165, 1.54) is 17.8 Å². The standard InChI is InChI=1S/C22H19F3N4O2S/c1-14-9-19(15(2)29(14)17-6-3-5-16(10-17)22(23,24)25)20(30)12-32-21-27-26-13-28(21)11-18-7-4-8-31-18/h3-10,13H,11-12H2,1-2H3. The van der Waals surface area contributed by atoms with Crippen LogP contribution in [0.1, 0.15) is 33.1 Å². The van der Waals surface area contributed by atoms with Gasteiger partial charge in [0, 0.05) is 22.6 Å². The van der Waals surface area contributed by atoms with E-state index in [4.69, 9.17) is 4.42 Å². The summed E-state index contributed by atoms with van der Waals surface area (Å²) in [5.74, 6) is 0.709. The summed E-state index contributed by atoms with van der Waals surface area (Å²) in [5, 5.41) is 8.53. The third kappa shape index (κ3) is 4.50. The van der Waals surface area contributed by atoms with Gasteiger partial charge in [0.15, 0.2) is 10.9 Å². The number of hydrogen-bond acceptors (Lipinski definition) is 5. The van der Waals surface area contributed by atoms with Gasteiger partial charge in [-0.15, -0.1) is 10.2 Å². The van der Waals surface area contributed by atoms with Gasteiger partial charge in [-0.3, -0.25) is 4.79 Å². The lowest BCUT2D eigenvalue weighted by Gasteiger charge is -2.13. The summed E-state index contributed by atoms with van der Waals surface area (Å²) in [6, 6.07) is 10.4. The molecule has 0 unspecified atom stereocenters. The highest BCUT2D eigenvalue weighted by atomic mass is 32.2. The number of ketones is 1. The van der Waals surface area contributed by atoms with E-state index >= 15 is 0 Å². The molecule has 0 aliphatic heterocycles. The van der Waals surface area contributed by atoms with Crippen LogP contribution in [-0.4, -0.2) is 30.9 Å². The average molecular weight is 460 g/mol. The fourth-order valence-corrected chi connectivity index (χ4v) is 4.30. The zero-order valence-corrected chi connectivity index (χ0v) is 18.1. The van der Waals surface area contributed by atoms with Crippen molar-refractivity contribution in [3.05, 3.63) is 83.3 Å². The van der Waals surface area contributed by atoms with Gasteiger partial charge in [0.2, 0.25) is 0 Å². The molecule has 0 aliphatic rings. The number of Topliss-reactive ketones (excluding diaryl/α,β-unsaturated/α-hetero) is 1. The highest BCUT2D eigenvalue weighted by molar-refractivity contribution is 7.99. The van der Waals surface area contributed by atoms with Crippen LogP contribution in [0.5, 0.6) is 0 Å². The van der Waals surface area contributed by atoms with Crippen LogP contribution in [0.15, 0.2) is 64.6 Å². The first kappa shape index (κ1) is 21.9. The van der Waals surface area contributed by atoms with Gasteiger partial charge in [-0.1, -0.05) is 17.8 Å². The number of aryl methyl sites for hydroxylation is 1. The second kappa shape index (κ2) is 8.70. The molecule has 0 radical (unpaired) electrons. The molecule has 0 atom stereocenters. The zero-order chi connectivity index (χ0) is 22.9. The van der Waals surface area contributed by atoms with E-state index in [0.29, 0.717) is 34.3 Å². The van der Waals surface area contributed by atoms with Crippen LogP contribution in [0.4, 0.5) is 13.2 Å².